The summed E-state index contributed by atoms with van der Waals surface area (Å²) in [5.74, 6) is 0.416. The van der Waals surface area contributed by atoms with Crippen LogP contribution in [0, 0.1) is 11.3 Å². The highest BCUT2D eigenvalue weighted by Gasteiger charge is 2.26. The van der Waals surface area contributed by atoms with Crippen molar-refractivity contribution in [2.45, 2.75) is 33.2 Å². The second-order valence-corrected chi connectivity index (χ2v) is 7.09. The largest absolute Gasteiger partial charge is 0.347 e. The maximum atomic E-state index is 12.8. The number of amides is 3. The second kappa shape index (κ2) is 9.21. The van der Waals surface area contributed by atoms with Gasteiger partial charge in [-0.15, -0.1) is 0 Å². The number of rotatable bonds is 5. The number of carbonyl (C=O) groups excluding carboxylic acids is 3. The topological polar surface area (TPSA) is 139 Å². The van der Waals surface area contributed by atoms with Crippen LogP contribution in [0.2, 0.25) is 0 Å². The number of aromatic amines is 1. The number of aromatic nitrogens is 2. The molecule has 1 aliphatic rings. The maximum Gasteiger partial charge on any atom is 0.328 e. The van der Waals surface area contributed by atoms with Gasteiger partial charge >= 0.3 is 6.03 Å². The fraction of sp³-hybridized carbons (Fsp3) is 0.333. The Kier molecular flexibility index (Phi) is 6.45. The Morgan fingerprint density at radius 1 is 1.42 bits per heavy atom. The lowest BCUT2D eigenvalue weighted by molar-refractivity contribution is -0.129. The van der Waals surface area contributed by atoms with Gasteiger partial charge in [0.2, 0.25) is 11.3 Å². The molecule has 0 spiro atoms. The van der Waals surface area contributed by atoms with Gasteiger partial charge in [-0.05, 0) is 31.4 Å². The van der Waals surface area contributed by atoms with Crippen LogP contribution in [0.4, 0.5) is 16.4 Å². The number of fused-ring (bicyclic) bond motifs is 1. The zero-order chi connectivity index (χ0) is 22.5. The maximum absolute atomic E-state index is 12.8. The van der Waals surface area contributed by atoms with Gasteiger partial charge in [-0.2, -0.15) is 5.26 Å². The van der Waals surface area contributed by atoms with Gasteiger partial charge < -0.3 is 9.88 Å². The van der Waals surface area contributed by atoms with Crippen LogP contribution in [0.3, 0.4) is 0 Å². The molecule has 160 valence electrons. The van der Waals surface area contributed by atoms with Gasteiger partial charge in [0.05, 0.1) is 0 Å². The van der Waals surface area contributed by atoms with Crippen molar-refractivity contribution in [3.05, 3.63) is 50.9 Å². The summed E-state index contributed by atoms with van der Waals surface area (Å²) in [6.07, 6.45) is 3.21. The van der Waals surface area contributed by atoms with Crippen molar-refractivity contribution in [3.8, 4) is 6.07 Å². The van der Waals surface area contributed by atoms with E-state index >= 15 is 0 Å². The highest BCUT2D eigenvalue weighted by Crippen LogP contribution is 2.28. The number of H-pyrrole nitrogens is 1. The molecular formula is C21H22N6O4. The molecule has 0 bridgehead atoms. The van der Waals surface area contributed by atoms with Crippen LogP contribution in [0.25, 0.3) is 0 Å². The molecule has 3 amide bonds. The van der Waals surface area contributed by atoms with E-state index in [4.69, 9.17) is 5.26 Å². The molecule has 0 aromatic carbocycles. The van der Waals surface area contributed by atoms with Gasteiger partial charge in [0.1, 0.15) is 29.0 Å². The Bertz CT molecular complexity index is 1130. The number of nitrogens with one attached hydrogen (secondary N) is 2. The molecule has 0 fully saturated rings. The molecule has 10 heteroatoms. The minimum Gasteiger partial charge on any atom is -0.347 e. The third kappa shape index (κ3) is 4.61. The van der Waals surface area contributed by atoms with E-state index in [1.807, 2.05) is 13.0 Å². The van der Waals surface area contributed by atoms with Gasteiger partial charge in [-0.3, -0.25) is 24.6 Å². The zero-order valence-electron chi connectivity index (χ0n) is 17.3. The first kappa shape index (κ1) is 21.7. The van der Waals surface area contributed by atoms with Crippen molar-refractivity contribution >= 4 is 29.9 Å². The molecule has 0 saturated carbocycles. The highest BCUT2D eigenvalue weighted by molar-refractivity contribution is 6.01. The van der Waals surface area contributed by atoms with Gasteiger partial charge in [0, 0.05) is 44.4 Å². The Labute approximate surface area is 178 Å². The summed E-state index contributed by atoms with van der Waals surface area (Å²) in [5, 5.41) is 11.4. The van der Waals surface area contributed by atoms with Crippen LogP contribution in [-0.2, 0) is 17.8 Å². The Morgan fingerprint density at radius 3 is 2.81 bits per heavy atom. The fourth-order valence-electron chi connectivity index (χ4n) is 3.45. The molecule has 10 nitrogen and oxygen atoms in total. The van der Waals surface area contributed by atoms with E-state index < -0.39 is 11.5 Å². The van der Waals surface area contributed by atoms with Crippen molar-refractivity contribution in [1.82, 2.24) is 14.9 Å². The van der Waals surface area contributed by atoms with Crippen LogP contribution in [0.5, 0.6) is 0 Å². The van der Waals surface area contributed by atoms with Crippen LogP contribution in [0.15, 0.2) is 23.1 Å². The number of nitrogens with zero attached hydrogens (tertiary/aromatic N) is 4. The lowest BCUT2D eigenvalue weighted by atomic mass is 10.0. The molecule has 0 aliphatic carbocycles. The molecule has 0 unspecified atom stereocenters. The Hall–Kier alpha value is -4.00. The number of hydrogen-bond donors (Lipinski definition) is 2. The van der Waals surface area contributed by atoms with E-state index in [1.165, 1.54) is 18.0 Å². The third-order valence-electron chi connectivity index (χ3n) is 5.09. The normalized spacial score (nSPS) is 12.5. The van der Waals surface area contributed by atoms with Crippen LogP contribution in [0.1, 0.15) is 47.4 Å². The lowest BCUT2D eigenvalue weighted by Crippen LogP contribution is -2.40. The van der Waals surface area contributed by atoms with Crippen molar-refractivity contribution in [1.29, 1.82) is 5.26 Å². The second-order valence-electron chi connectivity index (χ2n) is 7.09. The van der Waals surface area contributed by atoms with Gasteiger partial charge in [0.15, 0.2) is 6.29 Å². The molecular weight excluding hydrogens is 400 g/mol. The molecule has 2 N–H and O–H groups in total. The number of nitriles is 1. The molecule has 2 aromatic heterocycles. The number of aryl methyl sites for hydroxylation is 1. The van der Waals surface area contributed by atoms with E-state index in [-0.39, 0.29) is 29.5 Å². The first-order valence-electron chi connectivity index (χ1n) is 9.82. The van der Waals surface area contributed by atoms with Gasteiger partial charge in [0.25, 0.3) is 0 Å². The summed E-state index contributed by atoms with van der Waals surface area (Å²) in [7, 11) is 0. The molecule has 3 rings (SSSR count). The summed E-state index contributed by atoms with van der Waals surface area (Å²) in [4.78, 5) is 58.2. The first-order valence-corrected chi connectivity index (χ1v) is 9.82. The summed E-state index contributed by atoms with van der Waals surface area (Å²) < 4.78 is 0. The van der Waals surface area contributed by atoms with Crippen molar-refractivity contribution in [2.75, 3.05) is 23.3 Å². The lowest BCUT2D eigenvalue weighted by Gasteiger charge is -2.29. The van der Waals surface area contributed by atoms with Crippen LogP contribution >= 0.6 is 0 Å². The van der Waals surface area contributed by atoms with Gasteiger partial charge in [-0.25, -0.2) is 9.78 Å². The SMILES string of the molecule is CCN(Cc1cc2c(nc1C=O)N(C(=O)Nc1cc(=O)c(C#N)c[nH]1)CCC2)C(C)=O. The molecule has 2 aromatic rings. The Morgan fingerprint density at radius 2 is 2.19 bits per heavy atom. The van der Waals surface area contributed by atoms with E-state index in [0.717, 1.165) is 11.6 Å². The fourth-order valence-corrected chi connectivity index (χ4v) is 3.45. The summed E-state index contributed by atoms with van der Waals surface area (Å²) >= 11 is 0. The standard InChI is InChI=1S/C21H22N6O4/c1-3-26(13(2)29)11-15-7-14-5-4-6-27(20(14)24-17(15)12-28)21(31)25-19-8-18(30)16(9-22)10-23-19/h7-8,10,12H,3-6,11H2,1-2H3,(H2,23,25,30,31). The van der Waals surface area contributed by atoms with Crippen molar-refractivity contribution < 1.29 is 14.4 Å². The molecule has 0 atom stereocenters. The molecule has 31 heavy (non-hydrogen) atoms. The number of pyridine rings is 2. The average Bonchev–Trinajstić information content (AvgIpc) is 2.76. The minimum absolute atomic E-state index is 0.0576. The quantitative estimate of drug-likeness (QED) is 0.705. The predicted molar refractivity (Wildman–Crippen MR) is 113 cm³/mol. The number of aldehydes is 1. The van der Waals surface area contributed by atoms with Crippen molar-refractivity contribution in [3.63, 3.8) is 0 Å². The predicted octanol–water partition coefficient (Wildman–Crippen LogP) is 1.81. The van der Waals surface area contributed by atoms with E-state index in [1.54, 1.807) is 11.0 Å². The monoisotopic (exact) mass is 422 g/mol. The van der Waals surface area contributed by atoms with Crippen molar-refractivity contribution in [2.24, 2.45) is 0 Å². The third-order valence-corrected chi connectivity index (χ3v) is 5.09. The highest BCUT2D eigenvalue weighted by atomic mass is 16.2. The Balaban J connectivity index is 1.89. The summed E-state index contributed by atoms with van der Waals surface area (Å²) in [6, 6.07) is 4.20. The van der Waals surface area contributed by atoms with E-state index in [0.29, 0.717) is 43.6 Å². The average molecular weight is 422 g/mol. The molecule has 0 saturated heterocycles. The summed E-state index contributed by atoms with van der Waals surface area (Å²) in [6.45, 7) is 4.47. The minimum atomic E-state index is -0.516. The summed E-state index contributed by atoms with van der Waals surface area (Å²) in [5.41, 5.74) is 1.04. The van der Waals surface area contributed by atoms with E-state index in [9.17, 15) is 19.2 Å². The van der Waals surface area contributed by atoms with E-state index in [2.05, 4.69) is 15.3 Å². The molecule has 3 heterocycles. The number of hydrogen-bond acceptors (Lipinski definition) is 6. The molecule has 1 aliphatic heterocycles. The van der Waals surface area contributed by atoms with Crippen LogP contribution < -0.4 is 15.6 Å². The first-order chi connectivity index (χ1) is 14.9. The smallest absolute Gasteiger partial charge is 0.328 e. The van der Waals surface area contributed by atoms with Gasteiger partial charge in [-0.1, -0.05) is 0 Å². The molecule has 0 radical (unpaired) electrons. The van der Waals surface area contributed by atoms with Crippen LogP contribution in [-0.4, -0.2) is 46.2 Å². The number of carbonyl (C=O) groups is 3. The number of anilines is 2. The number of urea groups is 1. The zero-order valence-corrected chi connectivity index (χ0v) is 17.3.